The summed E-state index contributed by atoms with van der Waals surface area (Å²) in [5.41, 5.74) is 0. The van der Waals surface area contributed by atoms with Gasteiger partial charge in [-0.3, -0.25) is 4.79 Å². The van der Waals surface area contributed by atoms with Gasteiger partial charge in [0.25, 0.3) is 0 Å². The van der Waals surface area contributed by atoms with E-state index in [1.165, 1.54) is 35.5 Å². The van der Waals surface area contributed by atoms with Crippen molar-refractivity contribution in [2.24, 2.45) is 5.92 Å². The zero-order valence-corrected chi connectivity index (χ0v) is 25.6. The van der Waals surface area contributed by atoms with Crippen LogP contribution in [0.25, 0.3) is 0 Å². The van der Waals surface area contributed by atoms with E-state index in [1.807, 2.05) is 11.3 Å². The predicted molar refractivity (Wildman–Crippen MR) is 157 cm³/mol. The Morgan fingerprint density at radius 2 is 1.82 bits per heavy atom. The van der Waals surface area contributed by atoms with Gasteiger partial charge in [-0.15, -0.1) is 11.3 Å². The highest BCUT2D eigenvalue weighted by atomic mass is 32.2. The summed E-state index contributed by atoms with van der Waals surface area (Å²) in [5.74, 6) is 1.27. The van der Waals surface area contributed by atoms with Gasteiger partial charge in [-0.1, -0.05) is 12.5 Å². The second kappa shape index (κ2) is 14.1. The molecule has 4 rings (SSSR count). The van der Waals surface area contributed by atoms with E-state index in [4.69, 9.17) is 14.2 Å². The van der Waals surface area contributed by atoms with Crippen molar-refractivity contribution >= 4 is 27.3 Å². The number of carbonyl (C=O) groups excluding carboxylic acids is 1. The maximum Gasteiger partial charge on any atom is 0.246 e. The standard InChI is InChI=1S/C29H43N3O6S2/c1-31(2)29(27-9-7-17-39-27)21-10-12-22(13-11-21)30-28(33)20-38-19-23-8-5-6-16-32(23)40(34,35)24-14-15-25(36-3)26(18-24)37-4/h7,9,14-15,17-18,21-23,29H,5-6,8,10-13,16,19-20H2,1-4H3,(H,30,33). The lowest BCUT2D eigenvalue weighted by Gasteiger charge is -2.37. The lowest BCUT2D eigenvalue weighted by Crippen LogP contribution is -2.46. The summed E-state index contributed by atoms with van der Waals surface area (Å²) in [5, 5.41) is 5.27. The van der Waals surface area contributed by atoms with Crippen molar-refractivity contribution in [3.8, 4) is 11.5 Å². The van der Waals surface area contributed by atoms with Crippen LogP contribution in [0, 0.1) is 5.92 Å². The molecule has 2 aliphatic rings. The molecule has 1 aliphatic heterocycles. The second-order valence-electron chi connectivity index (χ2n) is 10.9. The average molecular weight is 594 g/mol. The van der Waals surface area contributed by atoms with Crippen LogP contribution in [-0.2, 0) is 19.6 Å². The number of hydrogen-bond donors (Lipinski definition) is 1. The maximum atomic E-state index is 13.5. The molecule has 1 aromatic heterocycles. The zero-order chi connectivity index (χ0) is 28.7. The SMILES string of the molecule is COc1ccc(S(=O)(=O)N2CCCCC2COCC(=O)NC2CCC(C(c3cccs3)N(C)C)CC2)cc1OC. The maximum absolute atomic E-state index is 13.5. The molecule has 9 nitrogen and oxygen atoms in total. The van der Waals surface area contributed by atoms with Gasteiger partial charge in [-0.25, -0.2) is 8.42 Å². The molecule has 1 amide bonds. The molecule has 1 saturated carbocycles. The summed E-state index contributed by atoms with van der Waals surface area (Å²) < 4.78 is 44.9. The lowest BCUT2D eigenvalue weighted by atomic mass is 9.80. The number of methoxy groups -OCH3 is 2. The van der Waals surface area contributed by atoms with Crippen LogP contribution in [0.15, 0.2) is 40.6 Å². The van der Waals surface area contributed by atoms with Gasteiger partial charge in [-0.2, -0.15) is 4.31 Å². The Bertz CT molecular complexity index is 1200. The third-order valence-electron chi connectivity index (χ3n) is 8.05. The summed E-state index contributed by atoms with van der Waals surface area (Å²) >= 11 is 1.81. The number of nitrogens with zero attached hydrogens (tertiary/aromatic N) is 2. The Morgan fingerprint density at radius 3 is 2.48 bits per heavy atom. The number of carbonyl (C=O) groups is 1. The van der Waals surface area contributed by atoms with E-state index in [-0.39, 0.29) is 36.1 Å². The molecule has 0 bridgehead atoms. The fourth-order valence-corrected chi connectivity index (χ4v) is 8.78. The molecule has 2 heterocycles. The minimum atomic E-state index is -3.76. The highest BCUT2D eigenvalue weighted by Gasteiger charge is 2.35. The quantitative estimate of drug-likeness (QED) is 0.392. The molecular weight excluding hydrogens is 550 g/mol. The number of hydrogen-bond acceptors (Lipinski definition) is 8. The molecule has 1 aliphatic carbocycles. The first-order valence-corrected chi connectivity index (χ1v) is 16.4. The highest BCUT2D eigenvalue weighted by molar-refractivity contribution is 7.89. The third kappa shape index (κ3) is 7.36. The molecule has 1 aromatic carbocycles. The van der Waals surface area contributed by atoms with Crippen LogP contribution in [0.2, 0.25) is 0 Å². The average Bonchev–Trinajstić information content (AvgIpc) is 3.48. The Balaban J connectivity index is 1.27. The first-order valence-electron chi connectivity index (χ1n) is 14.1. The molecule has 0 spiro atoms. The Hall–Kier alpha value is -2.18. The van der Waals surface area contributed by atoms with Crippen LogP contribution in [0.4, 0.5) is 0 Å². The monoisotopic (exact) mass is 593 g/mol. The van der Waals surface area contributed by atoms with E-state index in [9.17, 15) is 13.2 Å². The summed E-state index contributed by atoms with van der Waals surface area (Å²) in [6, 6.07) is 9.19. The summed E-state index contributed by atoms with van der Waals surface area (Å²) in [6.45, 7) is 0.522. The Morgan fingerprint density at radius 1 is 1.07 bits per heavy atom. The number of rotatable bonds is 12. The fourth-order valence-electron chi connectivity index (χ4n) is 6.07. The van der Waals surface area contributed by atoms with Crippen LogP contribution < -0.4 is 14.8 Å². The normalized spacial score (nSPS) is 23.1. The van der Waals surface area contributed by atoms with Gasteiger partial charge < -0.3 is 24.4 Å². The van der Waals surface area contributed by atoms with Crippen LogP contribution in [0.5, 0.6) is 11.5 Å². The molecule has 11 heteroatoms. The molecule has 0 radical (unpaired) electrons. The fraction of sp³-hybridized carbons (Fsp3) is 0.621. The van der Waals surface area contributed by atoms with Crippen LogP contribution >= 0.6 is 11.3 Å². The van der Waals surface area contributed by atoms with Gasteiger partial charge in [0, 0.05) is 35.6 Å². The summed E-state index contributed by atoms with van der Waals surface area (Å²) in [6.07, 6.45) is 6.43. The van der Waals surface area contributed by atoms with Crippen LogP contribution in [0.1, 0.15) is 55.9 Å². The number of ether oxygens (including phenoxy) is 3. The van der Waals surface area contributed by atoms with Crippen molar-refractivity contribution in [1.29, 1.82) is 0 Å². The molecule has 2 atom stereocenters. The number of amides is 1. The third-order valence-corrected chi connectivity index (χ3v) is 10.9. The molecule has 1 saturated heterocycles. The van der Waals surface area contributed by atoms with Gasteiger partial charge >= 0.3 is 0 Å². The van der Waals surface area contributed by atoms with Crippen molar-refractivity contribution in [3.05, 3.63) is 40.6 Å². The van der Waals surface area contributed by atoms with E-state index >= 15 is 0 Å². The lowest BCUT2D eigenvalue weighted by molar-refractivity contribution is -0.127. The van der Waals surface area contributed by atoms with E-state index in [0.29, 0.717) is 36.4 Å². The van der Waals surface area contributed by atoms with Crippen molar-refractivity contribution in [2.75, 3.05) is 48.1 Å². The molecule has 2 unspecified atom stereocenters. The number of thiophene rings is 1. The van der Waals surface area contributed by atoms with Crippen molar-refractivity contribution in [2.45, 2.75) is 68.0 Å². The highest BCUT2D eigenvalue weighted by Crippen LogP contribution is 2.39. The van der Waals surface area contributed by atoms with Gasteiger partial charge in [0.05, 0.1) is 25.7 Å². The van der Waals surface area contributed by atoms with E-state index in [1.54, 1.807) is 6.07 Å². The number of nitrogens with one attached hydrogen (secondary N) is 1. The Labute approximate surface area is 242 Å². The zero-order valence-electron chi connectivity index (χ0n) is 24.0. The smallest absolute Gasteiger partial charge is 0.246 e. The largest absolute Gasteiger partial charge is 0.493 e. The van der Waals surface area contributed by atoms with Crippen molar-refractivity contribution in [1.82, 2.24) is 14.5 Å². The summed E-state index contributed by atoms with van der Waals surface area (Å²) in [4.78, 5) is 16.6. The minimum Gasteiger partial charge on any atom is -0.493 e. The topological polar surface area (TPSA) is 97.4 Å². The molecule has 40 heavy (non-hydrogen) atoms. The predicted octanol–water partition coefficient (Wildman–Crippen LogP) is 4.30. The van der Waals surface area contributed by atoms with Crippen LogP contribution in [0.3, 0.4) is 0 Å². The van der Waals surface area contributed by atoms with E-state index < -0.39 is 10.0 Å². The van der Waals surface area contributed by atoms with Crippen molar-refractivity contribution in [3.63, 3.8) is 0 Å². The molecule has 1 N–H and O–H groups in total. The van der Waals surface area contributed by atoms with E-state index in [2.05, 4.69) is 41.8 Å². The molecule has 222 valence electrons. The number of benzene rings is 1. The molecule has 2 aromatic rings. The van der Waals surface area contributed by atoms with Gasteiger partial charge in [0.15, 0.2) is 11.5 Å². The minimum absolute atomic E-state index is 0.0732. The second-order valence-corrected chi connectivity index (χ2v) is 13.8. The summed E-state index contributed by atoms with van der Waals surface area (Å²) in [7, 11) is 3.51. The van der Waals surface area contributed by atoms with Gasteiger partial charge in [0.2, 0.25) is 15.9 Å². The first-order chi connectivity index (χ1) is 19.2. The van der Waals surface area contributed by atoms with Crippen molar-refractivity contribution < 1.29 is 27.4 Å². The number of sulfonamides is 1. The molecular formula is C29H43N3O6S2. The molecule has 2 fully saturated rings. The first kappa shape index (κ1) is 30.8. The van der Waals surface area contributed by atoms with Crippen LogP contribution in [-0.4, -0.2) is 83.7 Å². The van der Waals surface area contributed by atoms with Gasteiger partial charge in [0.1, 0.15) is 6.61 Å². The van der Waals surface area contributed by atoms with E-state index in [0.717, 1.165) is 38.5 Å². The number of piperidine rings is 1. The Kier molecular flexibility index (Phi) is 10.9. The van der Waals surface area contributed by atoms with Gasteiger partial charge in [-0.05, 0) is 82.1 Å².